The molecular weight excluding hydrogens is 370 g/mol. The standard InChI is InChI=1S/C22H23N3O4/c1-14-12-17(24-29-14)25-13-22-10-9-16(28-22)18(19(22)21(25)27)20(26)23-11-5-8-15-6-3-2-4-7-15/h2-4,6-7,9-10,12,16,18-19H,5,8,11,13H2,1H3,(H,23,26)/t16-,18?,19?,22-/m1/s1. The number of hydrogen-bond acceptors (Lipinski definition) is 5. The van der Waals surface area contributed by atoms with Crippen LogP contribution in [0, 0.1) is 18.8 Å². The van der Waals surface area contributed by atoms with Gasteiger partial charge in [0, 0.05) is 12.6 Å². The van der Waals surface area contributed by atoms with E-state index in [0.29, 0.717) is 24.7 Å². The van der Waals surface area contributed by atoms with Gasteiger partial charge in [-0.3, -0.25) is 14.5 Å². The molecule has 7 heteroatoms. The van der Waals surface area contributed by atoms with Gasteiger partial charge in [0.25, 0.3) is 0 Å². The summed E-state index contributed by atoms with van der Waals surface area (Å²) in [6, 6.07) is 11.9. The number of benzene rings is 1. The smallest absolute Gasteiger partial charge is 0.235 e. The van der Waals surface area contributed by atoms with Crippen LogP contribution in [0.15, 0.2) is 53.1 Å². The Kier molecular flexibility index (Phi) is 4.28. The lowest BCUT2D eigenvalue weighted by atomic mass is 9.77. The van der Waals surface area contributed by atoms with E-state index in [1.807, 2.05) is 30.4 Å². The van der Waals surface area contributed by atoms with Gasteiger partial charge in [-0.25, -0.2) is 0 Å². The Hall–Kier alpha value is -2.93. The van der Waals surface area contributed by atoms with Gasteiger partial charge >= 0.3 is 0 Å². The zero-order valence-corrected chi connectivity index (χ0v) is 16.2. The third-order valence-corrected chi connectivity index (χ3v) is 6.08. The van der Waals surface area contributed by atoms with Crippen molar-refractivity contribution in [3.63, 3.8) is 0 Å². The molecule has 4 heterocycles. The minimum absolute atomic E-state index is 0.120. The molecule has 5 rings (SSSR count). The van der Waals surface area contributed by atoms with Gasteiger partial charge in [0.1, 0.15) is 11.4 Å². The fourth-order valence-corrected chi connectivity index (χ4v) is 4.74. The molecule has 4 atom stereocenters. The maximum Gasteiger partial charge on any atom is 0.235 e. The number of anilines is 1. The zero-order chi connectivity index (χ0) is 20.0. The molecule has 1 aromatic carbocycles. The number of aryl methyl sites for hydroxylation is 2. The van der Waals surface area contributed by atoms with E-state index in [4.69, 9.17) is 9.26 Å². The monoisotopic (exact) mass is 393 g/mol. The Bertz CT molecular complexity index is 969. The topological polar surface area (TPSA) is 84.7 Å². The van der Waals surface area contributed by atoms with E-state index < -0.39 is 17.4 Å². The summed E-state index contributed by atoms with van der Waals surface area (Å²) in [7, 11) is 0. The number of hydrogen-bond donors (Lipinski definition) is 1. The molecular formula is C22H23N3O4. The number of fused-ring (bicyclic) bond motifs is 1. The summed E-state index contributed by atoms with van der Waals surface area (Å²) < 4.78 is 11.2. The van der Waals surface area contributed by atoms with E-state index in [9.17, 15) is 9.59 Å². The van der Waals surface area contributed by atoms with Crippen molar-refractivity contribution < 1.29 is 18.8 Å². The Morgan fingerprint density at radius 1 is 1.34 bits per heavy atom. The Labute approximate surface area is 168 Å². The molecule has 2 fully saturated rings. The Balaban J connectivity index is 1.26. The Morgan fingerprint density at radius 2 is 2.17 bits per heavy atom. The second kappa shape index (κ2) is 6.84. The predicted molar refractivity (Wildman–Crippen MR) is 105 cm³/mol. The highest BCUT2D eigenvalue weighted by molar-refractivity contribution is 6.02. The van der Waals surface area contributed by atoms with Crippen LogP contribution in [0.3, 0.4) is 0 Å². The van der Waals surface area contributed by atoms with Gasteiger partial charge in [0.2, 0.25) is 11.8 Å². The van der Waals surface area contributed by atoms with Crippen LogP contribution in [0.2, 0.25) is 0 Å². The molecule has 29 heavy (non-hydrogen) atoms. The number of rotatable bonds is 6. The Morgan fingerprint density at radius 3 is 2.93 bits per heavy atom. The van der Waals surface area contributed by atoms with Gasteiger partial charge in [-0.05, 0) is 25.3 Å². The van der Waals surface area contributed by atoms with Crippen molar-refractivity contribution in [2.45, 2.75) is 31.5 Å². The number of nitrogens with zero attached hydrogens (tertiary/aromatic N) is 2. The first-order chi connectivity index (χ1) is 14.1. The molecule has 2 saturated heterocycles. The normalized spacial score (nSPS) is 29.5. The van der Waals surface area contributed by atoms with Gasteiger partial charge in [-0.1, -0.05) is 47.6 Å². The van der Waals surface area contributed by atoms with Gasteiger partial charge in [0.15, 0.2) is 5.82 Å². The summed E-state index contributed by atoms with van der Waals surface area (Å²) in [5.41, 5.74) is 0.497. The summed E-state index contributed by atoms with van der Waals surface area (Å²) in [5, 5.41) is 6.97. The van der Waals surface area contributed by atoms with E-state index in [-0.39, 0.29) is 17.9 Å². The number of nitrogens with one attached hydrogen (secondary N) is 1. The van der Waals surface area contributed by atoms with Crippen LogP contribution in [0.1, 0.15) is 17.7 Å². The molecule has 1 spiro atoms. The van der Waals surface area contributed by atoms with Crippen molar-refractivity contribution in [1.29, 1.82) is 0 Å². The van der Waals surface area contributed by atoms with Crippen molar-refractivity contribution in [3.05, 3.63) is 59.9 Å². The average Bonchev–Trinajstić information content (AvgIpc) is 3.47. The molecule has 150 valence electrons. The summed E-state index contributed by atoms with van der Waals surface area (Å²) in [6.07, 6.45) is 5.25. The highest BCUT2D eigenvalue weighted by Crippen LogP contribution is 2.52. The first-order valence-electron chi connectivity index (χ1n) is 10.0. The molecule has 0 saturated carbocycles. The average molecular weight is 393 g/mol. The molecule has 1 N–H and O–H groups in total. The van der Waals surface area contributed by atoms with Crippen molar-refractivity contribution >= 4 is 17.6 Å². The maximum atomic E-state index is 13.2. The summed E-state index contributed by atoms with van der Waals surface area (Å²) >= 11 is 0. The lowest BCUT2D eigenvalue weighted by Crippen LogP contribution is -2.44. The first-order valence-corrected chi connectivity index (χ1v) is 10.0. The lowest BCUT2D eigenvalue weighted by Gasteiger charge is -2.23. The van der Waals surface area contributed by atoms with Crippen molar-refractivity contribution in [3.8, 4) is 0 Å². The van der Waals surface area contributed by atoms with Gasteiger partial charge in [0.05, 0.1) is 24.5 Å². The molecule has 2 aromatic rings. The molecule has 3 aliphatic rings. The third kappa shape index (κ3) is 2.97. The van der Waals surface area contributed by atoms with Gasteiger partial charge < -0.3 is 14.6 Å². The van der Waals surface area contributed by atoms with Crippen LogP contribution in [-0.4, -0.2) is 41.8 Å². The van der Waals surface area contributed by atoms with Gasteiger partial charge in [-0.2, -0.15) is 0 Å². The fraction of sp³-hybridized carbons (Fsp3) is 0.409. The minimum Gasteiger partial charge on any atom is -0.360 e. The van der Waals surface area contributed by atoms with Crippen molar-refractivity contribution in [2.75, 3.05) is 18.0 Å². The molecule has 1 aromatic heterocycles. The van der Waals surface area contributed by atoms with E-state index in [2.05, 4.69) is 22.6 Å². The largest absolute Gasteiger partial charge is 0.360 e. The van der Waals surface area contributed by atoms with E-state index in [1.165, 1.54) is 5.56 Å². The highest BCUT2D eigenvalue weighted by atomic mass is 16.5. The molecule has 2 amide bonds. The predicted octanol–water partition coefficient (Wildman–Crippen LogP) is 2.02. The molecule has 0 aliphatic carbocycles. The lowest BCUT2D eigenvalue weighted by molar-refractivity contribution is -0.131. The van der Waals surface area contributed by atoms with Gasteiger partial charge in [-0.15, -0.1) is 0 Å². The zero-order valence-electron chi connectivity index (χ0n) is 16.2. The van der Waals surface area contributed by atoms with Crippen LogP contribution < -0.4 is 10.2 Å². The van der Waals surface area contributed by atoms with E-state index >= 15 is 0 Å². The van der Waals surface area contributed by atoms with Crippen LogP contribution in [0.4, 0.5) is 5.82 Å². The highest BCUT2D eigenvalue weighted by Gasteiger charge is 2.67. The summed E-state index contributed by atoms with van der Waals surface area (Å²) in [5.74, 6) is -0.180. The molecule has 2 bridgehead atoms. The van der Waals surface area contributed by atoms with Crippen LogP contribution in [0.25, 0.3) is 0 Å². The molecule has 2 unspecified atom stereocenters. The quantitative estimate of drug-likeness (QED) is 0.600. The fourth-order valence-electron chi connectivity index (χ4n) is 4.74. The first kappa shape index (κ1) is 18.1. The number of aromatic nitrogens is 1. The van der Waals surface area contributed by atoms with Crippen LogP contribution in [-0.2, 0) is 20.7 Å². The number of amides is 2. The van der Waals surface area contributed by atoms with Crippen molar-refractivity contribution in [1.82, 2.24) is 10.5 Å². The summed E-state index contributed by atoms with van der Waals surface area (Å²) in [4.78, 5) is 27.7. The maximum absolute atomic E-state index is 13.2. The summed E-state index contributed by atoms with van der Waals surface area (Å²) in [6.45, 7) is 2.71. The number of ether oxygens (including phenoxy) is 1. The molecule has 7 nitrogen and oxygen atoms in total. The molecule has 0 radical (unpaired) electrons. The van der Waals surface area contributed by atoms with Crippen molar-refractivity contribution in [2.24, 2.45) is 11.8 Å². The number of carbonyl (C=O) groups is 2. The third-order valence-electron chi connectivity index (χ3n) is 6.08. The van der Waals surface area contributed by atoms with Crippen LogP contribution in [0.5, 0.6) is 0 Å². The second-order valence-corrected chi connectivity index (χ2v) is 8.00. The SMILES string of the molecule is Cc1cc(N2C[C@@]34C=C[C@@H](O3)C(C(=O)NCCCc3ccccc3)C4C2=O)no1. The molecule has 3 aliphatic heterocycles. The second-order valence-electron chi connectivity index (χ2n) is 8.00. The van der Waals surface area contributed by atoms with Crippen LogP contribution >= 0.6 is 0 Å². The minimum atomic E-state index is -0.749. The number of carbonyl (C=O) groups excluding carboxylic acids is 2. The van der Waals surface area contributed by atoms with E-state index in [0.717, 1.165) is 12.8 Å². The van der Waals surface area contributed by atoms with E-state index in [1.54, 1.807) is 17.9 Å².